The van der Waals surface area contributed by atoms with Gasteiger partial charge in [0.1, 0.15) is 24.1 Å². The summed E-state index contributed by atoms with van der Waals surface area (Å²) in [6, 6.07) is 6.81. The number of amides is 1. The lowest BCUT2D eigenvalue weighted by Crippen LogP contribution is -2.17. The molecule has 0 bridgehead atoms. The molecule has 1 aromatic heterocycles. The van der Waals surface area contributed by atoms with Gasteiger partial charge in [-0.25, -0.2) is 9.07 Å². The van der Waals surface area contributed by atoms with E-state index in [-0.39, 0.29) is 29.2 Å². The lowest BCUT2D eigenvalue weighted by Gasteiger charge is -2.08. The van der Waals surface area contributed by atoms with Crippen molar-refractivity contribution in [3.63, 3.8) is 0 Å². The summed E-state index contributed by atoms with van der Waals surface area (Å²) in [5.74, 6) is -0.490. The highest BCUT2D eigenvalue weighted by atomic mass is 19.1. The minimum atomic E-state index is -0.701. The third-order valence-corrected chi connectivity index (χ3v) is 2.83. The van der Waals surface area contributed by atoms with Crippen molar-refractivity contribution in [2.24, 2.45) is 0 Å². The van der Waals surface area contributed by atoms with E-state index in [0.717, 1.165) is 0 Å². The van der Waals surface area contributed by atoms with E-state index in [1.165, 1.54) is 35.1 Å². The second-order valence-corrected chi connectivity index (χ2v) is 4.19. The number of alkyl halides is 1. The summed E-state index contributed by atoms with van der Waals surface area (Å²) < 4.78 is 13.6. The van der Waals surface area contributed by atoms with E-state index in [1.807, 2.05) is 6.07 Å². The summed E-state index contributed by atoms with van der Waals surface area (Å²) in [6.45, 7) is -0.801. The summed E-state index contributed by atoms with van der Waals surface area (Å²) in [7, 11) is 0. The Bertz CT molecular complexity index is 748. The summed E-state index contributed by atoms with van der Waals surface area (Å²) in [5, 5.41) is 25.8. The molecule has 1 aromatic carbocycles. The van der Waals surface area contributed by atoms with Crippen LogP contribution >= 0.6 is 0 Å². The van der Waals surface area contributed by atoms with E-state index in [4.69, 9.17) is 5.26 Å². The number of nitriles is 1. The molecule has 1 heterocycles. The van der Waals surface area contributed by atoms with Crippen LogP contribution in [-0.2, 0) is 6.54 Å². The molecule has 0 spiro atoms. The molecule has 1 amide bonds. The van der Waals surface area contributed by atoms with Crippen LogP contribution < -0.4 is 5.32 Å². The van der Waals surface area contributed by atoms with Crippen LogP contribution in [0, 0.1) is 21.4 Å². The molecule has 0 aliphatic carbocycles. The summed E-state index contributed by atoms with van der Waals surface area (Å²) in [4.78, 5) is 22.1. The first kappa shape index (κ1) is 15.1. The number of carbonyl (C=O) groups excluding carboxylic acids is 1. The van der Waals surface area contributed by atoms with Crippen molar-refractivity contribution in [1.82, 2.24) is 9.78 Å². The van der Waals surface area contributed by atoms with Crippen molar-refractivity contribution >= 4 is 17.4 Å². The molecule has 2 aromatic rings. The number of carbonyl (C=O) groups is 1. The van der Waals surface area contributed by atoms with E-state index in [9.17, 15) is 19.3 Å². The zero-order valence-electron chi connectivity index (χ0n) is 11.2. The van der Waals surface area contributed by atoms with Gasteiger partial charge in [0.25, 0.3) is 11.6 Å². The largest absolute Gasteiger partial charge is 0.306 e. The number of nitrogens with zero attached hydrogens (tertiary/aromatic N) is 4. The van der Waals surface area contributed by atoms with Gasteiger partial charge in [-0.3, -0.25) is 14.9 Å². The molecule has 0 aliphatic heterocycles. The molecule has 0 saturated heterocycles. The zero-order chi connectivity index (χ0) is 16.1. The number of nitro groups is 1. The van der Waals surface area contributed by atoms with Gasteiger partial charge >= 0.3 is 0 Å². The van der Waals surface area contributed by atoms with Crippen molar-refractivity contribution in [2.75, 3.05) is 12.0 Å². The number of non-ortho nitro benzene ring substituents is 1. The van der Waals surface area contributed by atoms with Gasteiger partial charge in [0.05, 0.1) is 17.7 Å². The van der Waals surface area contributed by atoms with E-state index in [2.05, 4.69) is 10.4 Å². The molecule has 0 aliphatic rings. The molecule has 2 rings (SSSR count). The van der Waals surface area contributed by atoms with Gasteiger partial charge in [-0.2, -0.15) is 10.4 Å². The Balaban J connectivity index is 2.23. The predicted molar refractivity (Wildman–Crippen MR) is 74.0 cm³/mol. The SMILES string of the molecule is N#Cc1cnn(CCF)c1NC(=O)c1ccc([N+](=O)[O-])cc1. The van der Waals surface area contributed by atoms with Crippen LogP contribution in [0.2, 0.25) is 0 Å². The Morgan fingerprint density at radius 1 is 1.45 bits per heavy atom. The van der Waals surface area contributed by atoms with Crippen LogP contribution in [0.1, 0.15) is 15.9 Å². The summed E-state index contributed by atoms with van der Waals surface area (Å²) in [5.41, 5.74) is 0.128. The van der Waals surface area contributed by atoms with E-state index in [0.29, 0.717) is 0 Å². The maximum absolute atomic E-state index is 12.4. The molecule has 8 nitrogen and oxygen atoms in total. The van der Waals surface area contributed by atoms with Gasteiger partial charge in [-0.05, 0) is 12.1 Å². The van der Waals surface area contributed by atoms with Gasteiger partial charge in [0, 0.05) is 17.7 Å². The predicted octanol–water partition coefficient (Wildman–Crippen LogP) is 1.88. The number of aromatic nitrogens is 2. The van der Waals surface area contributed by atoms with Gasteiger partial charge in [-0.1, -0.05) is 0 Å². The Hall–Kier alpha value is -3.28. The maximum atomic E-state index is 12.4. The van der Waals surface area contributed by atoms with Crippen molar-refractivity contribution in [3.05, 3.63) is 51.7 Å². The highest BCUT2D eigenvalue weighted by molar-refractivity contribution is 6.04. The van der Waals surface area contributed by atoms with Crippen LogP contribution in [0.25, 0.3) is 0 Å². The molecule has 22 heavy (non-hydrogen) atoms. The second-order valence-electron chi connectivity index (χ2n) is 4.19. The molecule has 9 heteroatoms. The smallest absolute Gasteiger partial charge is 0.269 e. The van der Waals surface area contributed by atoms with Crippen LogP contribution in [0.3, 0.4) is 0 Å². The first-order chi connectivity index (χ1) is 10.6. The van der Waals surface area contributed by atoms with Crippen molar-refractivity contribution in [2.45, 2.75) is 6.54 Å². The maximum Gasteiger partial charge on any atom is 0.269 e. The van der Waals surface area contributed by atoms with Crippen molar-refractivity contribution in [1.29, 1.82) is 5.26 Å². The molecule has 112 valence electrons. The second kappa shape index (κ2) is 6.45. The fourth-order valence-corrected chi connectivity index (χ4v) is 1.76. The average Bonchev–Trinajstić information content (AvgIpc) is 2.89. The standard InChI is InChI=1S/C13H10FN5O3/c14-5-6-18-12(10(7-15)8-16-18)17-13(20)9-1-3-11(4-2-9)19(21)22/h1-4,8H,5-6H2,(H,17,20). The molecular formula is C13H10FN5O3. The Morgan fingerprint density at radius 2 is 2.14 bits per heavy atom. The lowest BCUT2D eigenvalue weighted by molar-refractivity contribution is -0.384. The highest BCUT2D eigenvalue weighted by Gasteiger charge is 2.15. The number of rotatable bonds is 5. The van der Waals surface area contributed by atoms with Gasteiger partial charge in [-0.15, -0.1) is 0 Å². The highest BCUT2D eigenvalue weighted by Crippen LogP contribution is 2.17. The number of nitrogens with one attached hydrogen (secondary N) is 1. The number of nitro benzene ring substituents is 1. The molecule has 0 saturated carbocycles. The topological polar surface area (TPSA) is 114 Å². The van der Waals surface area contributed by atoms with Crippen LogP contribution in [0.15, 0.2) is 30.5 Å². The van der Waals surface area contributed by atoms with Crippen LogP contribution in [0.5, 0.6) is 0 Å². The minimum absolute atomic E-state index is 0.0866. The Labute approximate surface area is 123 Å². The monoisotopic (exact) mass is 303 g/mol. The fourth-order valence-electron chi connectivity index (χ4n) is 1.76. The van der Waals surface area contributed by atoms with E-state index in [1.54, 1.807) is 0 Å². The quantitative estimate of drug-likeness (QED) is 0.669. The number of benzene rings is 1. The third-order valence-electron chi connectivity index (χ3n) is 2.83. The summed E-state index contributed by atoms with van der Waals surface area (Å²) >= 11 is 0. The molecule has 0 fully saturated rings. The number of hydrogen-bond acceptors (Lipinski definition) is 5. The van der Waals surface area contributed by atoms with Gasteiger partial charge in [0.2, 0.25) is 0 Å². The molecule has 0 radical (unpaired) electrons. The molecular weight excluding hydrogens is 293 g/mol. The number of anilines is 1. The molecule has 1 N–H and O–H groups in total. The first-order valence-corrected chi connectivity index (χ1v) is 6.14. The van der Waals surface area contributed by atoms with Crippen molar-refractivity contribution < 1.29 is 14.1 Å². The normalized spacial score (nSPS) is 10.0. The van der Waals surface area contributed by atoms with E-state index >= 15 is 0 Å². The summed E-state index contributed by atoms with van der Waals surface area (Å²) in [6.07, 6.45) is 1.22. The van der Waals surface area contributed by atoms with Crippen LogP contribution in [-0.4, -0.2) is 27.3 Å². The molecule has 0 unspecified atom stereocenters. The first-order valence-electron chi connectivity index (χ1n) is 6.14. The van der Waals surface area contributed by atoms with Gasteiger partial charge in [0.15, 0.2) is 0 Å². The number of aryl methyl sites for hydroxylation is 1. The minimum Gasteiger partial charge on any atom is -0.306 e. The van der Waals surface area contributed by atoms with E-state index < -0.39 is 17.5 Å². The number of halogens is 1. The Kier molecular flexibility index (Phi) is 4.43. The molecule has 0 atom stereocenters. The fraction of sp³-hybridized carbons (Fsp3) is 0.154. The zero-order valence-corrected chi connectivity index (χ0v) is 11.2. The third kappa shape index (κ3) is 3.06. The Morgan fingerprint density at radius 3 is 2.68 bits per heavy atom. The van der Waals surface area contributed by atoms with Crippen molar-refractivity contribution in [3.8, 4) is 6.07 Å². The van der Waals surface area contributed by atoms with Crippen LogP contribution in [0.4, 0.5) is 15.9 Å². The van der Waals surface area contributed by atoms with Gasteiger partial charge < -0.3 is 5.32 Å². The number of hydrogen-bond donors (Lipinski definition) is 1. The lowest BCUT2D eigenvalue weighted by atomic mass is 10.2. The average molecular weight is 303 g/mol.